The van der Waals surface area contributed by atoms with Crippen molar-refractivity contribution >= 4 is 21.4 Å². The zero-order chi connectivity index (χ0) is 21.1. The minimum Gasteiger partial charge on any atom is -0.507 e. The van der Waals surface area contributed by atoms with E-state index in [9.17, 15) is 5.11 Å². The van der Waals surface area contributed by atoms with Crippen molar-refractivity contribution in [2.45, 2.75) is 71.9 Å². The first kappa shape index (κ1) is 20.4. The van der Waals surface area contributed by atoms with Crippen LogP contribution in [0.15, 0.2) is 36.4 Å². The van der Waals surface area contributed by atoms with Crippen molar-refractivity contribution in [1.29, 1.82) is 0 Å². The molecule has 0 aliphatic carbocycles. The van der Waals surface area contributed by atoms with Crippen LogP contribution in [0.2, 0.25) is 0 Å². The van der Waals surface area contributed by atoms with Gasteiger partial charge in [-0.25, -0.2) is 0 Å². The lowest BCUT2D eigenvalue weighted by Gasteiger charge is -2.32. The lowest BCUT2D eigenvalue weighted by molar-refractivity contribution is -0.381. The van der Waals surface area contributed by atoms with Gasteiger partial charge in [-0.1, -0.05) is 59.7 Å². The zero-order valence-corrected chi connectivity index (χ0v) is 19.1. The molecule has 4 heteroatoms. The van der Waals surface area contributed by atoms with Crippen LogP contribution in [0.1, 0.15) is 70.8 Å². The maximum absolute atomic E-state index is 11.3. The Kier molecular flexibility index (Phi) is 4.80. The summed E-state index contributed by atoms with van der Waals surface area (Å²) >= 11 is 1.69. The number of hydrogen-bond donors (Lipinski definition) is 1. The predicted octanol–water partition coefficient (Wildman–Crippen LogP) is 7.26. The van der Waals surface area contributed by atoms with Crippen LogP contribution in [0, 0.1) is 0 Å². The minimum atomic E-state index is -0.283. The number of thiophene rings is 1. The van der Waals surface area contributed by atoms with Crippen LogP contribution in [-0.2, 0) is 20.3 Å². The molecule has 2 heterocycles. The van der Waals surface area contributed by atoms with E-state index in [4.69, 9.17) is 9.47 Å². The van der Waals surface area contributed by atoms with E-state index in [1.165, 1.54) is 10.3 Å². The summed E-state index contributed by atoms with van der Waals surface area (Å²) in [5.41, 5.74) is 3.97. The van der Waals surface area contributed by atoms with Crippen LogP contribution in [0.3, 0.4) is 0 Å². The summed E-state index contributed by atoms with van der Waals surface area (Å²) in [5, 5.41) is 12.4. The Hall–Kier alpha value is -1.88. The first-order valence-electron chi connectivity index (χ1n) is 10.2. The van der Waals surface area contributed by atoms with Gasteiger partial charge in [0.2, 0.25) is 0 Å². The lowest BCUT2D eigenvalue weighted by Crippen LogP contribution is -2.30. The average molecular weight is 411 g/mol. The maximum atomic E-state index is 11.3. The molecule has 3 aromatic rings. The molecule has 1 aromatic heterocycles. The Morgan fingerprint density at radius 2 is 1.59 bits per heavy atom. The molecule has 0 bridgehead atoms. The van der Waals surface area contributed by atoms with Gasteiger partial charge < -0.3 is 14.6 Å². The summed E-state index contributed by atoms with van der Waals surface area (Å²) in [7, 11) is 0. The molecule has 2 aromatic carbocycles. The van der Waals surface area contributed by atoms with Crippen molar-refractivity contribution in [3.8, 4) is 16.9 Å². The largest absolute Gasteiger partial charge is 0.507 e. The second-order valence-electron chi connectivity index (χ2n) is 9.96. The quantitative estimate of drug-likeness (QED) is 0.483. The van der Waals surface area contributed by atoms with Gasteiger partial charge in [-0.15, -0.1) is 11.3 Å². The van der Waals surface area contributed by atoms with E-state index in [0.717, 1.165) is 27.0 Å². The molecule has 0 radical (unpaired) electrons. The van der Waals surface area contributed by atoms with Crippen molar-refractivity contribution in [2.75, 3.05) is 0 Å². The molecule has 4 rings (SSSR count). The summed E-state index contributed by atoms with van der Waals surface area (Å²) in [6.07, 6.45) is -0.429. The van der Waals surface area contributed by atoms with Crippen molar-refractivity contribution in [3.05, 3.63) is 52.4 Å². The van der Waals surface area contributed by atoms with Crippen molar-refractivity contribution in [1.82, 2.24) is 0 Å². The molecule has 0 saturated carbocycles. The Morgan fingerprint density at radius 3 is 2.17 bits per heavy atom. The molecule has 3 nitrogen and oxygen atoms in total. The molecule has 1 aliphatic rings. The number of aromatic hydroxyl groups is 1. The lowest BCUT2D eigenvalue weighted by atomic mass is 9.78. The van der Waals surface area contributed by atoms with E-state index in [1.54, 1.807) is 11.3 Å². The number of ether oxygens (including phenoxy) is 2. The van der Waals surface area contributed by atoms with E-state index in [1.807, 2.05) is 6.92 Å². The van der Waals surface area contributed by atoms with E-state index >= 15 is 0 Å². The summed E-state index contributed by atoms with van der Waals surface area (Å²) in [6.45, 7) is 15.0. The molecule has 1 aliphatic heterocycles. The first-order valence-corrected chi connectivity index (χ1v) is 11.0. The minimum absolute atomic E-state index is 0.0140. The molecule has 0 spiro atoms. The van der Waals surface area contributed by atoms with E-state index in [-0.39, 0.29) is 23.4 Å². The first-order chi connectivity index (χ1) is 13.4. The van der Waals surface area contributed by atoms with Gasteiger partial charge in [0.05, 0.1) is 4.88 Å². The van der Waals surface area contributed by atoms with Crippen molar-refractivity contribution in [2.24, 2.45) is 0 Å². The Morgan fingerprint density at radius 1 is 0.897 bits per heavy atom. The van der Waals surface area contributed by atoms with Gasteiger partial charge in [0, 0.05) is 21.2 Å². The number of phenolic OH excluding ortho intramolecular Hbond substituents is 1. The van der Waals surface area contributed by atoms with E-state index in [0.29, 0.717) is 5.75 Å². The van der Waals surface area contributed by atoms with Crippen LogP contribution in [0.4, 0.5) is 0 Å². The number of fused-ring (bicyclic) bond motifs is 1. The third kappa shape index (κ3) is 3.70. The van der Waals surface area contributed by atoms with Crippen LogP contribution in [0.5, 0.6) is 5.75 Å². The molecule has 154 valence electrons. The second kappa shape index (κ2) is 6.83. The van der Waals surface area contributed by atoms with Crippen molar-refractivity contribution < 1.29 is 14.6 Å². The van der Waals surface area contributed by atoms with E-state index in [2.05, 4.69) is 77.9 Å². The third-order valence-electron chi connectivity index (χ3n) is 5.52. The highest BCUT2D eigenvalue weighted by molar-refractivity contribution is 7.19. The van der Waals surface area contributed by atoms with Gasteiger partial charge in [0.15, 0.2) is 12.6 Å². The fourth-order valence-electron chi connectivity index (χ4n) is 3.77. The number of rotatable bonds is 2. The second-order valence-corrected chi connectivity index (χ2v) is 11.1. The zero-order valence-electron chi connectivity index (χ0n) is 18.3. The van der Waals surface area contributed by atoms with E-state index < -0.39 is 0 Å². The summed E-state index contributed by atoms with van der Waals surface area (Å²) in [6, 6.07) is 12.7. The SMILES string of the molecule is CC1OC(c2cc3c(-c4cc(C(C)(C)C)cc(C(C)(C)C)c4O)cccc3s2)O1. The molecule has 0 amide bonds. The van der Waals surface area contributed by atoms with Crippen LogP contribution >= 0.6 is 11.3 Å². The van der Waals surface area contributed by atoms with Crippen LogP contribution < -0.4 is 0 Å². The molecular formula is C25H30O3S. The standard InChI is InChI=1S/C25H30O3S/c1-14-27-23(28-14)21-13-17-16(9-8-10-20(17)29-21)18-11-15(24(2,3)4)12-19(22(18)26)25(5,6)7/h8-14,23,26H,1-7H3. The Labute approximate surface area is 177 Å². The highest BCUT2D eigenvalue weighted by atomic mass is 32.1. The molecule has 29 heavy (non-hydrogen) atoms. The monoisotopic (exact) mass is 410 g/mol. The fraction of sp³-hybridized carbons (Fsp3) is 0.440. The van der Waals surface area contributed by atoms with Crippen LogP contribution in [0.25, 0.3) is 21.2 Å². The van der Waals surface area contributed by atoms with Gasteiger partial charge >= 0.3 is 0 Å². The normalized spacial score (nSPS) is 20.1. The molecule has 0 atom stereocenters. The molecule has 1 fully saturated rings. The number of phenols is 1. The Bertz CT molecular complexity index is 1060. The highest BCUT2D eigenvalue weighted by Gasteiger charge is 2.31. The van der Waals surface area contributed by atoms with Crippen LogP contribution in [-0.4, -0.2) is 11.4 Å². The summed E-state index contributed by atoms with van der Waals surface area (Å²) in [5.74, 6) is 0.371. The molecular weight excluding hydrogens is 380 g/mol. The molecule has 0 unspecified atom stereocenters. The maximum Gasteiger partial charge on any atom is 0.198 e. The predicted molar refractivity (Wildman–Crippen MR) is 121 cm³/mol. The molecule has 1 saturated heterocycles. The summed E-state index contributed by atoms with van der Waals surface area (Å²) < 4.78 is 12.5. The Balaban J connectivity index is 1.93. The summed E-state index contributed by atoms with van der Waals surface area (Å²) in [4.78, 5) is 1.06. The van der Waals surface area contributed by atoms with Gasteiger partial charge in [-0.3, -0.25) is 0 Å². The smallest absolute Gasteiger partial charge is 0.198 e. The number of benzene rings is 2. The average Bonchev–Trinajstić information content (AvgIpc) is 3.00. The highest BCUT2D eigenvalue weighted by Crippen LogP contribution is 2.46. The van der Waals surface area contributed by atoms with Gasteiger partial charge in [0.1, 0.15) is 5.75 Å². The number of hydrogen-bond acceptors (Lipinski definition) is 4. The third-order valence-corrected chi connectivity index (χ3v) is 6.64. The van der Waals surface area contributed by atoms with Crippen molar-refractivity contribution in [3.63, 3.8) is 0 Å². The molecule has 1 N–H and O–H groups in total. The fourth-order valence-corrected chi connectivity index (χ4v) is 4.83. The topological polar surface area (TPSA) is 38.7 Å². The van der Waals surface area contributed by atoms with Gasteiger partial charge in [-0.05, 0) is 47.1 Å². The van der Waals surface area contributed by atoms with Gasteiger partial charge in [0.25, 0.3) is 0 Å². The van der Waals surface area contributed by atoms with Gasteiger partial charge in [-0.2, -0.15) is 0 Å².